The average Bonchev–Trinajstić information content (AvgIpc) is 3.00. The number of para-hydroxylation sites is 2. The maximum absolute atomic E-state index is 4.78. The molecule has 0 radical (unpaired) electrons. The molecule has 2 aromatic rings. The van der Waals surface area contributed by atoms with Gasteiger partial charge in [0.05, 0.1) is 11.0 Å². The molecule has 0 aliphatic carbocycles. The molecule has 3 rings (SSSR count). The lowest BCUT2D eigenvalue weighted by molar-refractivity contribution is 0.177. The number of benzene rings is 1. The van der Waals surface area contributed by atoms with Crippen molar-refractivity contribution in [1.82, 2.24) is 19.8 Å². The number of likely N-dealkylation sites (N-methyl/N-ethyl adjacent to an activating group) is 1. The fourth-order valence-corrected chi connectivity index (χ4v) is 3.42. The highest BCUT2D eigenvalue weighted by Gasteiger charge is 2.23. The van der Waals surface area contributed by atoms with Gasteiger partial charge in [0.25, 0.3) is 0 Å². The van der Waals surface area contributed by atoms with Crippen LogP contribution >= 0.6 is 0 Å². The Morgan fingerprint density at radius 3 is 2.59 bits per heavy atom. The van der Waals surface area contributed by atoms with E-state index in [4.69, 9.17) is 4.98 Å². The van der Waals surface area contributed by atoms with Crippen LogP contribution in [0.2, 0.25) is 0 Å². The number of hydrogen-bond donors (Lipinski definition) is 1. The molecule has 4 nitrogen and oxygen atoms in total. The summed E-state index contributed by atoms with van der Waals surface area (Å²) in [4.78, 5) is 13.4. The third-order valence-electron chi connectivity index (χ3n) is 5.01. The van der Waals surface area contributed by atoms with Crippen LogP contribution in [0.1, 0.15) is 38.4 Å². The maximum Gasteiger partial charge on any atom is 0.110 e. The van der Waals surface area contributed by atoms with Crippen LogP contribution in [0.25, 0.3) is 11.0 Å². The van der Waals surface area contributed by atoms with Crippen molar-refractivity contribution in [2.75, 3.05) is 39.3 Å². The molecule has 0 saturated carbocycles. The van der Waals surface area contributed by atoms with E-state index < -0.39 is 0 Å². The minimum absolute atomic E-state index is 0.595. The molecule has 120 valence electrons. The van der Waals surface area contributed by atoms with Crippen LogP contribution in [0.15, 0.2) is 24.3 Å². The summed E-state index contributed by atoms with van der Waals surface area (Å²) in [6.07, 6.45) is 2.44. The molecule has 1 N–H and O–H groups in total. The van der Waals surface area contributed by atoms with Crippen molar-refractivity contribution in [2.45, 2.75) is 32.6 Å². The Hall–Kier alpha value is -1.39. The molecule has 0 spiro atoms. The fraction of sp³-hybridized carbons (Fsp3) is 0.611. The van der Waals surface area contributed by atoms with Crippen LogP contribution in [0.4, 0.5) is 0 Å². The number of likely N-dealkylation sites (tertiary alicyclic amines) is 1. The second-order valence-corrected chi connectivity index (χ2v) is 6.28. The first-order valence-corrected chi connectivity index (χ1v) is 8.69. The molecular weight excluding hydrogens is 272 g/mol. The Morgan fingerprint density at radius 2 is 1.91 bits per heavy atom. The van der Waals surface area contributed by atoms with E-state index in [9.17, 15) is 0 Å². The van der Waals surface area contributed by atoms with E-state index in [1.54, 1.807) is 0 Å². The molecule has 1 fully saturated rings. The Morgan fingerprint density at radius 1 is 1.18 bits per heavy atom. The Bertz CT molecular complexity index is 547. The number of aromatic amines is 1. The second kappa shape index (κ2) is 7.25. The van der Waals surface area contributed by atoms with Crippen molar-refractivity contribution in [3.63, 3.8) is 0 Å². The van der Waals surface area contributed by atoms with E-state index in [1.807, 2.05) is 0 Å². The maximum atomic E-state index is 4.78. The molecule has 0 unspecified atom stereocenters. The molecule has 0 amide bonds. The quantitative estimate of drug-likeness (QED) is 0.890. The molecular formula is C18H28N4. The molecule has 1 aromatic heterocycles. The predicted molar refractivity (Wildman–Crippen MR) is 92.3 cm³/mol. The van der Waals surface area contributed by atoms with Crippen LogP contribution in [-0.2, 0) is 0 Å². The molecule has 22 heavy (non-hydrogen) atoms. The number of imidazole rings is 1. The lowest BCUT2D eigenvalue weighted by Gasteiger charge is -2.32. The zero-order valence-electron chi connectivity index (χ0n) is 13.9. The summed E-state index contributed by atoms with van der Waals surface area (Å²) in [7, 11) is 0. The van der Waals surface area contributed by atoms with Crippen molar-refractivity contribution in [3.05, 3.63) is 30.1 Å². The monoisotopic (exact) mass is 300 g/mol. The van der Waals surface area contributed by atoms with Gasteiger partial charge in [0.15, 0.2) is 0 Å². The van der Waals surface area contributed by atoms with Gasteiger partial charge in [-0.2, -0.15) is 0 Å². The first kappa shape index (κ1) is 15.5. The number of rotatable bonds is 6. The van der Waals surface area contributed by atoms with Gasteiger partial charge in [-0.15, -0.1) is 0 Å². The van der Waals surface area contributed by atoms with Gasteiger partial charge in [-0.05, 0) is 51.2 Å². The van der Waals surface area contributed by atoms with Gasteiger partial charge in [-0.1, -0.05) is 26.0 Å². The van der Waals surface area contributed by atoms with E-state index in [-0.39, 0.29) is 0 Å². The van der Waals surface area contributed by atoms with Crippen LogP contribution < -0.4 is 0 Å². The smallest absolute Gasteiger partial charge is 0.110 e. The van der Waals surface area contributed by atoms with Crippen LogP contribution in [0.5, 0.6) is 0 Å². The van der Waals surface area contributed by atoms with Crippen molar-refractivity contribution in [1.29, 1.82) is 0 Å². The molecule has 0 atom stereocenters. The van der Waals surface area contributed by atoms with Gasteiger partial charge >= 0.3 is 0 Å². The van der Waals surface area contributed by atoms with Gasteiger partial charge in [-0.25, -0.2) is 4.98 Å². The highest BCUT2D eigenvalue weighted by atomic mass is 15.2. The van der Waals surface area contributed by atoms with Gasteiger partial charge in [0, 0.05) is 19.0 Å². The lowest BCUT2D eigenvalue weighted by atomic mass is 9.96. The minimum atomic E-state index is 0.595. The second-order valence-electron chi connectivity index (χ2n) is 6.28. The molecule has 1 aromatic carbocycles. The van der Waals surface area contributed by atoms with Crippen molar-refractivity contribution in [3.8, 4) is 0 Å². The first-order valence-electron chi connectivity index (χ1n) is 8.69. The van der Waals surface area contributed by atoms with Gasteiger partial charge in [0.2, 0.25) is 0 Å². The van der Waals surface area contributed by atoms with Gasteiger partial charge in [0.1, 0.15) is 5.82 Å². The number of nitrogens with one attached hydrogen (secondary N) is 1. The third-order valence-corrected chi connectivity index (χ3v) is 5.01. The summed E-state index contributed by atoms with van der Waals surface area (Å²) in [6.45, 7) is 11.6. The largest absolute Gasteiger partial charge is 0.342 e. The standard InChI is InChI=1S/C18H28N4/c1-3-21(4-2)13-14-22-11-9-15(10-12-22)18-19-16-7-5-6-8-17(16)20-18/h5-8,15H,3-4,9-14H2,1-2H3,(H,19,20). The Balaban J connectivity index is 1.53. The Kier molecular flexibility index (Phi) is 5.11. The number of piperidine rings is 1. The highest BCUT2D eigenvalue weighted by Crippen LogP contribution is 2.27. The third kappa shape index (κ3) is 3.50. The van der Waals surface area contributed by atoms with E-state index >= 15 is 0 Å². The van der Waals surface area contributed by atoms with Crippen LogP contribution in [-0.4, -0.2) is 59.0 Å². The molecule has 1 saturated heterocycles. The summed E-state index contributed by atoms with van der Waals surface area (Å²) in [5, 5.41) is 0. The number of hydrogen-bond acceptors (Lipinski definition) is 3. The highest BCUT2D eigenvalue weighted by molar-refractivity contribution is 5.74. The van der Waals surface area contributed by atoms with Gasteiger partial charge in [-0.3, -0.25) is 0 Å². The summed E-state index contributed by atoms with van der Waals surface area (Å²) in [5.41, 5.74) is 2.27. The topological polar surface area (TPSA) is 35.2 Å². The average molecular weight is 300 g/mol. The number of nitrogens with zero attached hydrogens (tertiary/aromatic N) is 3. The summed E-state index contributed by atoms with van der Waals surface area (Å²) < 4.78 is 0. The minimum Gasteiger partial charge on any atom is -0.342 e. The summed E-state index contributed by atoms with van der Waals surface area (Å²) in [6, 6.07) is 8.34. The first-order chi connectivity index (χ1) is 10.8. The fourth-order valence-electron chi connectivity index (χ4n) is 3.42. The molecule has 0 bridgehead atoms. The van der Waals surface area contributed by atoms with Gasteiger partial charge < -0.3 is 14.8 Å². The number of H-pyrrole nitrogens is 1. The van der Waals surface area contributed by atoms with Crippen molar-refractivity contribution < 1.29 is 0 Å². The lowest BCUT2D eigenvalue weighted by Crippen LogP contribution is -2.39. The van der Waals surface area contributed by atoms with E-state index in [0.717, 1.165) is 18.6 Å². The van der Waals surface area contributed by atoms with E-state index in [1.165, 1.54) is 50.4 Å². The van der Waals surface area contributed by atoms with E-state index in [0.29, 0.717) is 5.92 Å². The molecule has 1 aliphatic rings. The molecule has 1 aliphatic heterocycles. The van der Waals surface area contributed by atoms with E-state index in [2.05, 4.69) is 52.9 Å². The van der Waals surface area contributed by atoms with Crippen molar-refractivity contribution >= 4 is 11.0 Å². The number of aromatic nitrogens is 2. The van der Waals surface area contributed by atoms with Crippen LogP contribution in [0, 0.1) is 0 Å². The van der Waals surface area contributed by atoms with Crippen molar-refractivity contribution in [2.24, 2.45) is 0 Å². The number of fused-ring (bicyclic) bond motifs is 1. The summed E-state index contributed by atoms with van der Waals surface area (Å²) >= 11 is 0. The molecule has 4 heteroatoms. The molecule has 2 heterocycles. The predicted octanol–water partition coefficient (Wildman–Crippen LogP) is 3.08. The SMILES string of the molecule is CCN(CC)CCN1CCC(c2nc3ccccc3[nH]2)CC1. The Labute approximate surface area is 133 Å². The zero-order valence-corrected chi connectivity index (χ0v) is 13.9. The van der Waals surface area contributed by atoms with Crippen LogP contribution in [0.3, 0.4) is 0 Å². The summed E-state index contributed by atoms with van der Waals surface area (Å²) in [5.74, 6) is 1.78. The zero-order chi connectivity index (χ0) is 15.4. The normalized spacial score (nSPS) is 17.6.